The van der Waals surface area contributed by atoms with E-state index in [9.17, 15) is 23.3 Å². The van der Waals surface area contributed by atoms with Gasteiger partial charge in [-0.3, -0.25) is 0 Å². The first-order valence-electron chi connectivity index (χ1n) is 55.1. The first kappa shape index (κ1) is 21.3. The summed E-state index contributed by atoms with van der Waals surface area (Å²) in [5.74, 6) is 0. The van der Waals surface area contributed by atoms with Crippen molar-refractivity contribution in [3.63, 3.8) is 0 Å². The van der Waals surface area contributed by atoms with E-state index in [1.165, 1.54) is 0 Å². The normalized spacial score (nSPS) is 20.2. The second-order valence-corrected chi connectivity index (χ2v) is 19.8. The molecule has 0 saturated heterocycles. The molecule has 0 N–H and O–H groups in total. The number of fused-ring (bicyclic) bond motifs is 13. The second-order valence-electron chi connectivity index (χ2n) is 19.8. The van der Waals surface area contributed by atoms with Crippen molar-refractivity contribution < 1.29 is 85.6 Å². The summed E-state index contributed by atoms with van der Waals surface area (Å²) < 4.78 is 513. The Morgan fingerprint density at radius 3 is 1.12 bits per heavy atom. The van der Waals surface area contributed by atoms with Gasteiger partial charge in [-0.15, -0.1) is 0 Å². The zero-order chi connectivity index (χ0) is 109. The van der Waals surface area contributed by atoms with E-state index in [1.54, 1.807) is 0 Å². The van der Waals surface area contributed by atoms with Gasteiger partial charge in [0, 0.05) is 27.1 Å². The summed E-state index contributed by atoms with van der Waals surface area (Å²) in [7, 11) is 0. The summed E-state index contributed by atoms with van der Waals surface area (Å²) in [5.41, 5.74) is -13.3. The van der Waals surface area contributed by atoms with Crippen LogP contribution in [0.5, 0.6) is 0 Å². The highest BCUT2D eigenvalue weighted by Crippen LogP contribution is 2.50. The number of benzene rings is 17. The van der Waals surface area contributed by atoms with Gasteiger partial charge in [-0.25, -0.2) is 0 Å². The molecule has 2 aromatic heterocycles. The van der Waals surface area contributed by atoms with Crippen molar-refractivity contribution >= 4 is 109 Å². The molecule has 0 bridgehead atoms. The number of hydrogen-bond acceptors (Lipinski definition) is 2. The van der Waals surface area contributed by atoms with E-state index in [0.717, 1.165) is 0 Å². The highest BCUT2D eigenvalue weighted by Gasteiger charge is 2.24. The number of furan rings is 2. The van der Waals surface area contributed by atoms with Crippen LogP contribution in [0.15, 0.2) is 347 Å². The lowest BCUT2D eigenvalue weighted by molar-refractivity contribution is 0.669. The van der Waals surface area contributed by atoms with E-state index >= 15 is 0 Å². The quantitative estimate of drug-likeness (QED) is 0.117. The third-order valence-corrected chi connectivity index (χ3v) is 14.9. The molecule has 92 heavy (non-hydrogen) atoms. The molecular weight excluding hydrogens is 1110 g/mol. The first-order valence-corrected chi connectivity index (χ1v) is 27.1. The van der Waals surface area contributed by atoms with Crippen LogP contribution in [0.3, 0.4) is 0 Å². The lowest BCUT2D eigenvalue weighted by atomic mass is 9.85. The number of hydrogen-bond donors (Lipinski definition) is 0. The van der Waals surface area contributed by atoms with Crippen LogP contribution >= 0.6 is 0 Å². The first-order chi connectivity index (χ1) is 69.0. The lowest BCUT2D eigenvalue weighted by Gasteiger charge is -2.18. The zero-order valence-corrected chi connectivity index (χ0v) is 45.8. The number of rotatable bonds is 7. The highest BCUT2D eigenvalue weighted by atomic mass is 16.3. The fourth-order valence-electron chi connectivity index (χ4n) is 11.2. The van der Waals surface area contributed by atoms with Gasteiger partial charge in [0.05, 0.1) is 76.8 Å². The van der Waals surface area contributed by atoms with Gasteiger partial charge in [0.1, 0.15) is 22.3 Å². The Bertz CT molecular complexity index is 9400. The minimum absolute atomic E-state index is 0.492. The van der Waals surface area contributed by atoms with Crippen LogP contribution in [0.2, 0.25) is 0 Å². The zero-order valence-electron chi connectivity index (χ0n) is 102. The van der Waals surface area contributed by atoms with Crippen molar-refractivity contribution in [3.8, 4) is 77.9 Å². The molecule has 0 aliphatic rings. The van der Waals surface area contributed by atoms with E-state index in [0.29, 0.717) is 0 Å². The van der Waals surface area contributed by atoms with Gasteiger partial charge in [-0.05, 0) is 173 Å². The average molecular weight is 1230 g/mol. The minimum atomic E-state index is -1.02. The van der Waals surface area contributed by atoms with Gasteiger partial charge < -0.3 is 8.83 Å². The van der Waals surface area contributed by atoms with Crippen LogP contribution in [0.25, 0.3) is 186 Å². The molecule has 0 spiro atoms. The van der Waals surface area contributed by atoms with Crippen molar-refractivity contribution in [2.24, 2.45) is 0 Å². The largest absolute Gasteiger partial charge is 0.456 e. The van der Waals surface area contributed by atoms with Crippen LogP contribution in [0, 0.1) is 0 Å². The summed E-state index contributed by atoms with van der Waals surface area (Å²) in [6.45, 7) is 0. The van der Waals surface area contributed by atoms with Gasteiger partial charge in [-0.1, -0.05) is 302 Å². The van der Waals surface area contributed by atoms with Crippen molar-refractivity contribution in [2.45, 2.75) is 0 Å². The molecule has 428 valence electrons. The third-order valence-electron chi connectivity index (χ3n) is 14.9. The standard InChI is InChI=1S/C46H28O.C44H28O/c1-2-13-29(14-3-1)44-35-19-8-10-21-37(35)45(38-22-11-9-20-36(38)44)40-23-12-24-42-46(40)39-26-25-31(28-43(39)47-42)41-27-30-15-4-5-16-32(30)33-17-6-7-18-34(33)41;1-3-14-29(15-4-1)31-18-11-19-32(28-31)33-24-12-26-39-43-38(25-13-27-40(43)45-44(33)39)42-36-22-9-7-20-34(36)41(30-16-5-2-6-17-30)35-21-8-10-23-37(35)42/h1-28H;1-28H/i2*1D,2D,3D,4D,5D,6D,7D,8D,9D,10D,11D,12D,13D,14D,15D,16D,17D,18D,19D,20D,21D,22D,23D,24D,25D,26D,27D,28D. The summed E-state index contributed by atoms with van der Waals surface area (Å²) in [5, 5.41) is -10.4. The summed E-state index contributed by atoms with van der Waals surface area (Å²) in [4.78, 5) is 0. The average Bonchev–Trinajstić information content (AvgIpc) is 1.54. The molecule has 2 nitrogen and oxygen atoms in total. The van der Waals surface area contributed by atoms with Crippen LogP contribution < -0.4 is 0 Å². The Labute approximate surface area is 610 Å². The predicted molar refractivity (Wildman–Crippen MR) is 391 cm³/mol. The van der Waals surface area contributed by atoms with E-state index < -0.39 is 525 Å². The highest BCUT2D eigenvalue weighted by molar-refractivity contribution is 6.28. The Morgan fingerprint density at radius 2 is 0.565 bits per heavy atom. The van der Waals surface area contributed by atoms with Crippen molar-refractivity contribution in [1.82, 2.24) is 0 Å². The maximum absolute atomic E-state index is 9.72. The predicted octanol–water partition coefficient (Wildman–Crippen LogP) is 25.8. The van der Waals surface area contributed by atoms with Gasteiger partial charge in [0.25, 0.3) is 0 Å². The van der Waals surface area contributed by atoms with Crippen LogP contribution in [-0.4, -0.2) is 0 Å². The molecular formula is C90H56O2. The fraction of sp³-hybridized carbons (Fsp3) is 0. The molecule has 2 heteroatoms. The Morgan fingerprint density at radius 1 is 0.185 bits per heavy atom. The minimum Gasteiger partial charge on any atom is -0.456 e. The fourth-order valence-corrected chi connectivity index (χ4v) is 11.2. The lowest BCUT2D eigenvalue weighted by Crippen LogP contribution is -1.91. The summed E-state index contributed by atoms with van der Waals surface area (Å²) in [6, 6.07) is -52.6. The molecule has 0 radical (unpaired) electrons. The second kappa shape index (κ2) is 21.9. The molecule has 0 amide bonds. The summed E-state index contributed by atoms with van der Waals surface area (Å²) in [6.07, 6.45) is 0. The van der Waals surface area contributed by atoms with Crippen molar-refractivity contribution in [3.05, 3.63) is 338 Å². The molecule has 0 fully saturated rings. The third kappa shape index (κ3) is 8.64. The molecule has 0 aliphatic carbocycles. The van der Waals surface area contributed by atoms with Crippen molar-refractivity contribution in [2.75, 3.05) is 0 Å². The van der Waals surface area contributed by atoms with Crippen LogP contribution in [0.4, 0.5) is 0 Å². The van der Waals surface area contributed by atoms with Gasteiger partial charge in [-0.2, -0.15) is 0 Å². The molecule has 19 aromatic rings. The topological polar surface area (TPSA) is 26.3 Å². The van der Waals surface area contributed by atoms with Crippen LogP contribution in [-0.2, 0) is 0 Å². The van der Waals surface area contributed by atoms with Crippen LogP contribution in [0.1, 0.15) is 76.8 Å². The molecule has 0 atom stereocenters. The van der Waals surface area contributed by atoms with Gasteiger partial charge in [0.2, 0.25) is 0 Å². The molecule has 17 aromatic carbocycles. The summed E-state index contributed by atoms with van der Waals surface area (Å²) >= 11 is 0. The molecule has 2 heterocycles. The number of para-hydroxylation sites is 1. The monoisotopic (exact) mass is 1220 g/mol. The molecule has 0 saturated carbocycles. The SMILES string of the molecule is [2H]c1c([2H])c([2H])c(-c2c([2H])c([2H])c([2H])c(-c3c([2H])c([2H])c([2H])c4c3oc3c([2H])c([2H])c([2H])c(-c5c6c([2H])c([2H])c([2H])c([2H])c6c(-c6c([2H])c([2H])c([2H])c([2H])c6[2H])c6c([2H])c([2H])c([2H])c([2H])c56)c34)c2[2H])c([2H])c1[2H].[2H]c1c([2H])c([2H])c(-c2c3c([2H])c([2H])c([2H])c([2H])c3c(-c3c([2H])c([2H])c([2H])c4oc5c([2H])c(-c6c([2H])c7c([2H])c([2H])c([2H])c([2H])c7c7c([2H])c([2H])c([2H])c([2H])c67)c([2H])c([2H])c5c34)c3c([2H])c([2H])c([2H])c([2H])c23)c([2H])c1[2H]. The molecule has 0 unspecified atom stereocenters. The van der Waals surface area contributed by atoms with E-state index in [-0.39, 0.29) is 0 Å². The van der Waals surface area contributed by atoms with E-state index in [4.69, 9.17) is 62.3 Å². The van der Waals surface area contributed by atoms with Gasteiger partial charge >= 0.3 is 0 Å². The van der Waals surface area contributed by atoms with E-state index in [1.807, 2.05) is 0 Å². The van der Waals surface area contributed by atoms with Crippen molar-refractivity contribution in [1.29, 1.82) is 0 Å². The maximum atomic E-state index is 9.72. The Hall–Kier alpha value is -12.1. The molecule has 0 aliphatic heterocycles. The van der Waals surface area contributed by atoms with E-state index in [2.05, 4.69) is 0 Å². The maximum Gasteiger partial charge on any atom is 0.143 e. The molecule has 19 rings (SSSR count). The Kier molecular flexibility index (Phi) is 5.06. The smallest absolute Gasteiger partial charge is 0.143 e. The Balaban J connectivity index is 0.000000194. The van der Waals surface area contributed by atoms with Gasteiger partial charge in [0.15, 0.2) is 0 Å².